The molecule has 0 atom stereocenters. The number of carbonyl (C=O) groups excluding carboxylic acids is 1. The Morgan fingerprint density at radius 1 is 0.967 bits per heavy atom. The molecule has 30 heavy (non-hydrogen) atoms. The maximum atomic E-state index is 12.5. The Bertz CT molecular complexity index is 1100. The monoisotopic (exact) mass is 440 g/mol. The summed E-state index contributed by atoms with van der Waals surface area (Å²) in [5.74, 6) is -1.35. The predicted molar refractivity (Wildman–Crippen MR) is 121 cm³/mol. The SMILES string of the molecule is COc1c(Cl)cc(C(=O)O)cc1NC(=S)NC(=O)c1ccc(-c2ccccc2)cc1. The van der Waals surface area contributed by atoms with Crippen molar-refractivity contribution >= 4 is 46.5 Å². The number of carbonyl (C=O) groups is 2. The third-order valence-corrected chi connectivity index (χ3v) is 4.71. The van der Waals surface area contributed by atoms with Gasteiger partial charge in [-0.1, -0.05) is 54.1 Å². The highest BCUT2D eigenvalue weighted by atomic mass is 35.5. The van der Waals surface area contributed by atoms with Crippen LogP contribution in [-0.2, 0) is 0 Å². The van der Waals surface area contributed by atoms with Gasteiger partial charge in [0, 0.05) is 5.56 Å². The Balaban J connectivity index is 1.72. The van der Waals surface area contributed by atoms with Crippen LogP contribution < -0.4 is 15.4 Å². The maximum Gasteiger partial charge on any atom is 0.335 e. The molecule has 0 aromatic heterocycles. The molecule has 0 spiro atoms. The van der Waals surface area contributed by atoms with E-state index in [4.69, 9.17) is 28.6 Å². The largest absolute Gasteiger partial charge is 0.493 e. The van der Waals surface area contributed by atoms with Crippen LogP contribution >= 0.6 is 23.8 Å². The fourth-order valence-electron chi connectivity index (χ4n) is 2.79. The number of halogens is 1. The van der Waals surface area contributed by atoms with E-state index in [1.807, 2.05) is 42.5 Å². The second-order valence-corrected chi connectivity index (χ2v) is 7.01. The molecule has 3 N–H and O–H groups in total. The number of thiocarbonyl (C=S) groups is 1. The third-order valence-electron chi connectivity index (χ3n) is 4.22. The highest BCUT2D eigenvalue weighted by molar-refractivity contribution is 7.80. The van der Waals surface area contributed by atoms with Gasteiger partial charge in [0.2, 0.25) is 0 Å². The molecule has 0 saturated carbocycles. The number of hydrogen-bond acceptors (Lipinski definition) is 4. The van der Waals surface area contributed by atoms with Crippen LogP contribution in [0.4, 0.5) is 5.69 Å². The van der Waals surface area contributed by atoms with E-state index in [0.29, 0.717) is 5.56 Å². The zero-order chi connectivity index (χ0) is 21.7. The molecule has 0 unspecified atom stereocenters. The van der Waals surface area contributed by atoms with E-state index in [0.717, 1.165) is 11.1 Å². The lowest BCUT2D eigenvalue weighted by atomic mass is 10.0. The minimum Gasteiger partial charge on any atom is -0.493 e. The summed E-state index contributed by atoms with van der Waals surface area (Å²) < 4.78 is 5.20. The molecule has 3 rings (SSSR count). The summed E-state index contributed by atoms with van der Waals surface area (Å²) in [6, 6.07) is 19.5. The summed E-state index contributed by atoms with van der Waals surface area (Å²) >= 11 is 11.3. The van der Waals surface area contributed by atoms with Crippen molar-refractivity contribution in [1.82, 2.24) is 5.32 Å². The quantitative estimate of drug-likeness (QED) is 0.492. The molecule has 0 aliphatic rings. The number of nitrogens with one attached hydrogen (secondary N) is 2. The molecule has 3 aromatic carbocycles. The first kappa shape index (κ1) is 21.3. The lowest BCUT2D eigenvalue weighted by molar-refractivity contribution is 0.0696. The molecule has 1 amide bonds. The first-order chi connectivity index (χ1) is 14.4. The normalized spacial score (nSPS) is 10.2. The third kappa shape index (κ3) is 4.94. The van der Waals surface area contributed by atoms with Crippen molar-refractivity contribution in [1.29, 1.82) is 0 Å². The molecule has 0 radical (unpaired) electrons. The Kier molecular flexibility index (Phi) is 6.66. The highest BCUT2D eigenvalue weighted by Gasteiger charge is 2.16. The standard InChI is InChI=1S/C22H17ClN2O4S/c1-29-19-17(23)11-16(21(27)28)12-18(19)24-22(30)25-20(26)15-9-7-14(8-10-15)13-5-3-2-4-6-13/h2-12H,1H3,(H,27,28)(H2,24,25,26,30). The molecule has 152 valence electrons. The Labute approximate surface area is 183 Å². The van der Waals surface area contributed by atoms with E-state index in [1.54, 1.807) is 12.1 Å². The van der Waals surface area contributed by atoms with E-state index in [2.05, 4.69) is 10.6 Å². The van der Waals surface area contributed by atoms with Gasteiger partial charge in [-0.05, 0) is 47.6 Å². The van der Waals surface area contributed by atoms with Crippen LogP contribution in [0, 0.1) is 0 Å². The van der Waals surface area contributed by atoms with E-state index < -0.39 is 11.9 Å². The molecule has 8 heteroatoms. The number of ether oxygens (including phenoxy) is 1. The van der Waals surface area contributed by atoms with Gasteiger partial charge in [0.05, 0.1) is 23.4 Å². The van der Waals surface area contributed by atoms with E-state index in [1.165, 1.54) is 19.2 Å². The van der Waals surface area contributed by atoms with Crippen LogP contribution in [0.15, 0.2) is 66.7 Å². The molecule has 0 saturated heterocycles. The minimum atomic E-state index is -1.16. The summed E-state index contributed by atoms with van der Waals surface area (Å²) in [5.41, 5.74) is 2.63. The van der Waals surface area contributed by atoms with Crippen molar-refractivity contribution in [3.05, 3.63) is 82.9 Å². The van der Waals surface area contributed by atoms with Crippen LogP contribution in [0.2, 0.25) is 5.02 Å². The lowest BCUT2D eigenvalue weighted by Gasteiger charge is -2.15. The van der Waals surface area contributed by atoms with Crippen molar-refractivity contribution in [3.8, 4) is 16.9 Å². The maximum absolute atomic E-state index is 12.5. The van der Waals surface area contributed by atoms with Crippen molar-refractivity contribution < 1.29 is 19.4 Å². The number of hydrogen-bond donors (Lipinski definition) is 3. The van der Waals surface area contributed by atoms with Crippen LogP contribution in [0.3, 0.4) is 0 Å². The Hall–Kier alpha value is -3.42. The summed E-state index contributed by atoms with van der Waals surface area (Å²) in [6.07, 6.45) is 0. The Morgan fingerprint density at radius 2 is 1.60 bits per heavy atom. The first-order valence-electron chi connectivity index (χ1n) is 8.77. The van der Waals surface area contributed by atoms with Crippen LogP contribution in [0.1, 0.15) is 20.7 Å². The second-order valence-electron chi connectivity index (χ2n) is 6.20. The van der Waals surface area contributed by atoms with Gasteiger partial charge < -0.3 is 15.2 Å². The number of amides is 1. The van der Waals surface area contributed by atoms with E-state index >= 15 is 0 Å². The summed E-state index contributed by atoms with van der Waals surface area (Å²) in [5, 5.41) is 14.6. The summed E-state index contributed by atoms with van der Waals surface area (Å²) in [7, 11) is 1.39. The number of rotatable bonds is 5. The van der Waals surface area contributed by atoms with Crippen molar-refractivity contribution in [2.45, 2.75) is 0 Å². The molecule has 0 aliphatic carbocycles. The van der Waals surface area contributed by atoms with Gasteiger partial charge in [-0.15, -0.1) is 0 Å². The molecule has 0 aliphatic heterocycles. The highest BCUT2D eigenvalue weighted by Crippen LogP contribution is 2.34. The van der Waals surface area contributed by atoms with E-state index in [9.17, 15) is 14.7 Å². The average molecular weight is 441 g/mol. The molecule has 0 heterocycles. The summed E-state index contributed by atoms with van der Waals surface area (Å²) in [6.45, 7) is 0. The summed E-state index contributed by atoms with van der Waals surface area (Å²) in [4.78, 5) is 23.8. The zero-order valence-corrected chi connectivity index (χ0v) is 17.4. The van der Waals surface area contributed by atoms with Crippen molar-refractivity contribution in [2.24, 2.45) is 0 Å². The number of methoxy groups -OCH3 is 1. The zero-order valence-electron chi connectivity index (χ0n) is 15.8. The fourth-order valence-corrected chi connectivity index (χ4v) is 3.29. The fraction of sp³-hybridized carbons (Fsp3) is 0.0455. The lowest BCUT2D eigenvalue weighted by Crippen LogP contribution is -2.34. The molecular weight excluding hydrogens is 424 g/mol. The number of carboxylic acid groups (broad SMARTS) is 1. The second kappa shape index (κ2) is 9.39. The number of aromatic carboxylic acids is 1. The molecule has 6 nitrogen and oxygen atoms in total. The van der Waals surface area contributed by atoms with Gasteiger partial charge in [-0.2, -0.15) is 0 Å². The van der Waals surface area contributed by atoms with Crippen LogP contribution in [-0.4, -0.2) is 29.2 Å². The van der Waals surface area contributed by atoms with Gasteiger partial charge in [0.25, 0.3) is 5.91 Å². The molecule has 0 bridgehead atoms. The average Bonchev–Trinajstić information content (AvgIpc) is 2.74. The van der Waals surface area contributed by atoms with Crippen LogP contribution in [0.25, 0.3) is 11.1 Å². The number of carboxylic acids is 1. The Morgan fingerprint density at radius 3 is 2.20 bits per heavy atom. The first-order valence-corrected chi connectivity index (χ1v) is 9.56. The smallest absolute Gasteiger partial charge is 0.335 e. The van der Waals surface area contributed by atoms with Gasteiger partial charge in [-0.3, -0.25) is 10.1 Å². The van der Waals surface area contributed by atoms with Crippen molar-refractivity contribution in [2.75, 3.05) is 12.4 Å². The van der Waals surface area contributed by atoms with E-state index in [-0.39, 0.29) is 27.1 Å². The minimum absolute atomic E-state index is 0.0240. The van der Waals surface area contributed by atoms with Crippen LogP contribution in [0.5, 0.6) is 5.75 Å². The number of anilines is 1. The van der Waals surface area contributed by atoms with Crippen molar-refractivity contribution in [3.63, 3.8) is 0 Å². The number of benzene rings is 3. The van der Waals surface area contributed by atoms with Gasteiger partial charge in [-0.25, -0.2) is 4.79 Å². The van der Waals surface area contributed by atoms with Gasteiger partial charge >= 0.3 is 5.97 Å². The van der Waals surface area contributed by atoms with Gasteiger partial charge in [0.1, 0.15) is 0 Å². The molecule has 0 fully saturated rings. The predicted octanol–water partition coefficient (Wildman–Crippen LogP) is 4.84. The molecule has 3 aromatic rings. The van der Waals surface area contributed by atoms with Gasteiger partial charge in [0.15, 0.2) is 10.9 Å². The molecular formula is C22H17ClN2O4S. The topological polar surface area (TPSA) is 87.7 Å².